The standard InChI is InChI=1S/C29H46O4/c1-17(30)33-26(4,5)24-10-8-19-21(32-24)15-20-18-7-9-22-25(2,3)23(31)11-12-29(22)16-28(18,29)14-13-27(19,20)6/h18-24,31H,7-16H2,1-6H3/t18?,19?,20?,21?,22?,23-,24?,27+,28-,29+/m0/s1. The fourth-order valence-electron chi connectivity index (χ4n) is 11.2. The Hall–Kier alpha value is -0.610. The molecule has 5 aliphatic carbocycles. The van der Waals surface area contributed by atoms with Gasteiger partial charge in [-0.1, -0.05) is 20.8 Å². The van der Waals surface area contributed by atoms with Crippen molar-refractivity contribution in [3.05, 3.63) is 0 Å². The molecule has 0 aromatic carbocycles. The molecular weight excluding hydrogens is 412 g/mol. The number of hydrogen-bond acceptors (Lipinski definition) is 4. The third kappa shape index (κ3) is 2.80. The number of rotatable bonds is 2. The van der Waals surface area contributed by atoms with Gasteiger partial charge in [0.25, 0.3) is 0 Å². The number of fused-ring (bicyclic) bond motifs is 4. The molecule has 0 amide bonds. The normalized spacial score (nSPS) is 54.2. The van der Waals surface area contributed by atoms with Crippen LogP contribution in [0.4, 0.5) is 0 Å². The van der Waals surface area contributed by atoms with Crippen molar-refractivity contribution >= 4 is 5.97 Å². The minimum absolute atomic E-state index is 0.00370. The Balaban J connectivity index is 1.25. The van der Waals surface area contributed by atoms with Gasteiger partial charge in [-0.2, -0.15) is 0 Å². The minimum atomic E-state index is -0.556. The van der Waals surface area contributed by atoms with E-state index in [4.69, 9.17) is 9.47 Å². The molecule has 4 heteroatoms. The molecule has 0 bridgehead atoms. The molecule has 33 heavy (non-hydrogen) atoms. The average molecular weight is 459 g/mol. The van der Waals surface area contributed by atoms with E-state index in [-0.39, 0.29) is 23.6 Å². The maximum atomic E-state index is 11.7. The van der Waals surface area contributed by atoms with E-state index >= 15 is 0 Å². The van der Waals surface area contributed by atoms with Gasteiger partial charge in [-0.3, -0.25) is 4.79 Å². The summed E-state index contributed by atoms with van der Waals surface area (Å²) < 4.78 is 12.5. The lowest BCUT2D eigenvalue weighted by molar-refractivity contribution is -0.192. The highest BCUT2D eigenvalue weighted by Crippen LogP contribution is 2.87. The first-order chi connectivity index (χ1) is 15.4. The number of aliphatic hydroxyl groups is 1. The van der Waals surface area contributed by atoms with Crippen LogP contribution in [0.15, 0.2) is 0 Å². The molecule has 6 rings (SSSR count). The minimum Gasteiger partial charge on any atom is -0.457 e. The maximum absolute atomic E-state index is 11.7. The highest BCUT2D eigenvalue weighted by molar-refractivity contribution is 5.66. The summed E-state index contributed by atoms with van der Waals surface area (Å²) in [6, 6.07) is 0. The second-order valence-electron chi connectivity index (χ2n) is 14.5. The molecule has 186 valence electrons. The number of aliphatic hydroxyl groups excluding tert-OH is 1. The summed E-state index contributed by atoms with van der Waals surface area (Å²) in [6.07, 6.45) is 12.7. The lowest BCUT2D eigenvalue weighted by atomic mass is 9.46. The molecule has 6 unspecified atom stereocenters. The molecule has 6 fully saturated rings. The van der Waals surface area contributed by atoms with E-state index in [0.717, 1.165) is 24.7 Å². The van der Waals surface area contributed by atoms with Gasteiger partial charge in [-0.05, 0) is 123 Å². The van der Waals surface area contributed by atoms with Crippen LogP contribution in [0, 0.1) is 45.3 Å². The predicted molar refractivity (Wildman–Crippen MR) is 127 cm³/mol. The Morgan fingerprint density at radius 1 is 0.939 bits per heavy atom. The molecule has 5 saturated carbocycles. The second-order valence-corrected chi connectivity index (χ2v) is 14.5. The first-order valence-corrected chi connectivity index (χ1v) is 13.9. The highest BCUT2D eigenvalue weighted by Gasteiger charge is 2.80. The van der Waals surface area contributed by atoms with E-state index in [2.05, 4.69) is 20.8 Å². The summed E-state index contributed by atoms with van der Waals surface area (Å²) >= 11 is 0. The Morgan fingerprint density at radius 3 is 2.39 bits per heavy atom. The van der Waals surface area contributed by atoms with Crippen molar-refractivity contribution in [2.75, 3.05) is 0 Å². The monoisotopic (exact) mass is 458 g/mol. The highest BCUT2D eigenvalue weighted by atomic mass is 16.6. The molecular formula is C29H46O4. The Morgan fingerprint density at radius 2 is 1.67 bits per heavy atom. The van der Waals surface area contributed by atoms with E-state index in [1.807, 2.05) is 13.8 Å². The molecule has 0 aromatic rings. The van der Waals surface area contributed by atoms with Gasteiger partial charge in [0.2, 0.25) is 0 Å². The first kappa shape index (κ1) is 22.8. The summed E-state index contributed by atoms with van der Waals surface area (Å²) in [7, 11) is 0. The zero-order valence-corrected chi connectivity index (χ0v) is 21.8. The van der Waals surface area contributed by atoms with Crippen LogP contribution < -0.4 is 0 Å². The number of esters is 1. The van der Waals surface area contributed by atoms with Crippen LogP contribution in [-0.2, 0) is 14.3 Å². The molecule has 1 heterocycles. The van der Waals surface area contributed by atoms with Crippen LogP contribution in [0.2, 0.25) is 0 Å². The summed E-state index contributed by atoms with van der Waals surface area (Å²) in [6.45, 7) is 12.9. The number of ether oxygens (including phenoxy) is 2. The van der Waals surface area contributed by atoms with E-state index < -0.39 is 5.60 Å². The molecule has 10 atom stereocenters. The number of carbonyl (C=O) groups is 1. The quantitative estimate of drug-likeness (QED) is 0.524. The van der Waals surface area contributed by atoms with Crippen LogP contribution in [-0.4, -0.2) is 35.0 Å². The van der Waals surface area contributed by atoms with Gasteiger partial charge in [0.15, 0.2) is 0 Å². The van der Waals surface area contributed by atoms with Crippen LogP contribution in [0.3, 0.4) is 0 Å². The molecule has 6 aliphatic rings. The van der Waals surface area contributed by atoms with Gasteiger partial charge in [0, 0.05) is 6.92 Å². The third-order valence-corrected chi connectivity index (χ3v) is 12.7. The predicted octanol–water partition coefficient (Wildman–Crippen LogP) is 5.90. The lowest BCUT2D eigenvalue weighted by Gasteiger charge is -2.59. The molecule has 1 aliphatic heterocycles. The number of carbonyl (C=O) groups excluding carboxylic acids is 1. The van der Waals surface area contributed by atoms with E-state index in [1.54, 1.807) is 0 Å². The zero-order valence-electron chi connectivity index (χ0n) is 21.8. The van der Waals surface area contributed by atoms with Crippen molar-refractivity contribution in [2.24, 2.45) is 45.3 Å². The second kappa shape index (κ2) is 6.78. The van der Waals surface area contributed by atoms with Gasteiger partial charge < -0.3 is 14.6 Å². The van der Waals surface area contributed by atoms with Crippen molar-refractivity contribution in [2.45, 2.75) is 130 Å². The van der Waals surface area contributed by atoms with E-state index in [0.29, 0.717) is 34.2 Å². The molecule has 2 spiro atoms. The average Bonchev–Trinajstić information content (AvgIpc) is 3.30. The lowest BCUT2D eigenvalue weighted by Crippen LogP contribution is -2.54. The fourth-order valence-corrected chi connectivity index (χ4v) is 11.2. The largest absolute Gasteiger partial charge is 0.457 e. The van der Waals surface area contributed by atoms with Crippen molar-refractivity contribution < 1.29 is 19.4 Å². The summed E-state index contributed by atoms with van der Waals surface area (Å²) in [4.78, 5) is 11.7. The molecule has 0 aromatic heterocycles. The molecule has 0 radical (unpaired) electrons. The number of hydrogen-bond donors (Lipinski definition) is 1. The fraction of sp³-hybridized carbons (Fsp3) is 0.966. The zero-order chi connectivity index (χ0) is 23.6. The molecule has 1 saturated heterocycles. The van der Waals surface area contributed by atoms with Gasteiger partial charge in [0.1, 0.15) is 5.60 Å². The summed E-state index contributed by atoms with van der Waals surface area (Å²) in [5, 5.41) is 10.8. The van der Waals surface area contributed by atoms with Crippen molar-refractivity contribution in [3.63, 3.8) is 0 Å². The smallest absolute Gasteiger partial charge is 0.303 e. The van der Waals surface area contributed by atoms with Gasteiger partial charge in [-0.15, -0.1) is 0 Å². The Kier molecular flexibility index (Phi) is 4.69. The van der Waals surface area contributed by atoms with Crippen molar-refractivity contribution in [1.82, 2.24) is 0 Å². The van der Waals surface area contributed by atoms with Crippen LogP contribution >= 0.6 is 0 Å². The van der Waals surface area contributed by atoms with E-state index in [1.165, 1.54) is 58.3 Å². The molecule has 4 nitrogen and oxygen atoms in total. The first-order valence-electron chi connectivity index (χ1n) is 13.9. The van der Waals surface area contributed by atoms with Crippen molar-refractivity contribution in [3.8, 4) is 0 Å². The van der Waals surface area contributed by atoms with Gasteiger partial charge in [-0.25, -0.2) is 0 Å². The van der Waals surface area contributed by atoms with Gasteiger partial charge >= 0.3 is 5.97 Å². The maximum Gasteiger partial charge on any atom is 0.303 e. The SMILES string of the molecule is CC(=O)OC(C)(C)C1CCC2C(CC3C4CCC5C(C)(C)[C@@H](O)CC[C@@]56C[C@@]46CC[C@]23C)O1. The van der Waals surface area contributed by atoms with Gasteiger partial charge in [0.05, 0.1) is 18.3 Å². The Bertz CT molecular complexity index is 849. The summed E-state index contributed by atoms with van der Waals surface area (Å²) in [5.41, 5.74) is 0.961. The van der Waals surface area contributed by atoms with Crippen LogP contribution in [0.1, 0.15) is 106 Å². The van der Waals surface area contributed by atoms with Crippen LogP contribution in [0.5, 0.6) is 0 Å². The third-order valence-electron chi connectivity index (χ3n) is 12.7. The topological polar surface area (TPSA) is 55.8 Å². The van der Waals surface area contributed by atoms with E-state index in [9.17, 15) is 9.90 Å². The van der Waals surface area contributed by atoms with Crippen LogP contribution in [0.25, 0.3) is 0 Å². The molecule has 1 N–H and O–H groups in total. The summed E-state index contributed by atoms with van der Waals surface area (Å²) in [5.74, 6) is 2.75. The van der Waals surface area contributed by atoms with Crippen molar-refractivity contribution in [1.29, 1.82) is 0 Å². The Labute approximate surface area is 200 Å².